The Kier molecular flexibility index (Phi) is 8.05. The van der Waals surface area contributed by atoms with Crippen molar-refractivity contribution in [2.75, 3.05) is 44.9 Å². The van der Waals surface area contributed by atoms with E-state index < -0.39 is 0 Å². The highest BCUT2D eigenvalue weighted by atomic mass is 79.9. The third-order valence-corrected chi connectivity index (χ3v) is 3.38. The lowest BCUT2D eigenvalue weighted by molar-refractivity contribution is 0.203. The van der Waals surface area contributed by atoms with Crippen molar-refractivity contribution in [2.24, 2.45) is 0 Å². The van der Waals surface area contributed by atoms with Gasteiger partial charge in [0, 0.05) is 36.9 Å². The number of rotatable bonds is 9. The minimum absolute atomic E-state index is 0.136. The number of nitrogens with zero attached hydrogens (tertiary/aromatic N) is 1. The van der Waals surface area contributed by atoms with Crippen LogP contribution < -0.4 is 10.2 Å². The molecule has 1 aromatic rings. The summed E-state index contributed by atoms with van der Waals surface area (Å²) in [6.45, 7) is 6.02. The minimum atomic E-state index is 0.136. The van der Waals surface area contributed by atoms with Crippen molar-refractivity contribution >= 4 is 21.6 Å². The van der Waals surface area contributed by atoms with Crippen LogP contribution in [0.4, 0.5) is 5.69 Å². The second-order valence-corrected chi connectivity index (χ2v) is 5.17. The molecular formula is C14H23BrN2O2. The van der Waals surface area contributed by atoms with Gasteiger partial charge in [-0.15, -0.1) is 0 Å². The number of ether oxygens (including phenoxy) is 1. The lowest BCUT2D eigenvalue weighted by atomic mass is 10.1. The van der Waals surface area contributed by atoms with E-state index in [1.807, 2.05) is 6.07 Å². The number of aliphatic hydroxyl groups excluding tert-OH is 1. The molecule has 0 amide bonds. The van der Waals surface area contributed by atoms with Crippen molar-refractivity contribution in [3.63, 3.8) is 0 Å². The fraction of sp³-hybridized carbons (Fsp3) is 0.571. The highest BCUT2D eigenvalue weighted by molar-refractivity contribution is 9.10. The van der Waals surface area contributed by atoms with Gasteiger partial charge < -0.3 is 20.1 Å². The van der Waals surface area contributed by atoms with Gasteiger partial charge in [0.1, 0.15) is 0 Å². The molecule has 19 heavy (non-hydrogen) atoms. The molecule has 108 valence electrons. The Bertz CT molecular complexity index is 374. The van der Waals surface area contributed by atoms with Crippen LogP contribution in [0.3, 0.4) is 0 Å². The van der Waals surface area contributed by atoms with E-state index in [1.165, 1.54) is 5.56 Å². The number of hydrogen-bond acceptors (Lipinski definition) is 4. The van der Waals surface area contributed by atoms with Gasteiger partial charge in [-0.25, -0.2) is 0 Å². The molecule has 0 saturated carbocycles. The predicted molar refractivity (Wildman–Crippen MR) is 82.7 cm³/mol. The summed E-state index contributed by atoms with van der Waals surface area (Å²) in [6, 6.07) is 6.25. The van der Waals surface area contributed by atoms with Crippen molar-refractivity contribution in [3.8, 4) is 0 Å². The average molecular weight is 331 g/mol. The molecule has 2 N–H and O–H groups in total. The van der Waals surface area contributed by atoms with E-state index in [0.29, 0.717) is 13.2 Å². The number of hydrogen-bond donors (Lipinski definition) is 2. The van der Waals surface area contributed by atoms with Gasteiger partial charge in [-0.05, 0) is 24.2 Å². The fourth-order valence-electron chi connectivity index (χ4n) is 1.92. The summed E-state index contributed by atoms with van der Waals surface area (Å²) in [5.41, 5.74) is 2.37. The monoisotopic (exact) mass is 330 g/mol. The standard InChI is InChI=1S/C14H23BrN2O2/c1-3-16-11-12-4-5-13(15)10-14(12)17(6-8-18)7-9-19-2/h4-5,10,16,18H,3,6-9,11H2,1-2H3. The van der Waals surface area contributed by atoms with Crippen LogP contribution in [-0.4, -0.2) is 45.1 Å². The zero-order chi connectivity index (χ0) is 14.1. The minimum Gasteiger partial charge on any atom is -0.395 e. The summed E-state index contributed by atoms with van der Waals surface area (Å²) < 4.78 is 6.19. The lowest BCUT2D eigenvalue weighted by Crippen LogP contribution is -2.31. The first-order valence-corrected chi connectivity index (χ1v) is 7.36. The fourth-order valence-corrected chi connectivity index (χ4v) is 2.26. The van der Waals surface area contributed by atoms with Gasteiger partial charge in [0.2, 0.25) is 0 Å². The molecule has 1 rings (SSSR count). The molecule has 0 radical (unpaired) electrons. The predicted octanol–water partition coefficient (Wildman–Crippen LogP) is 2.00. The molecule has 0 saturated heterocycles. The summed E-state index contributed by atoms with van der Waals surface area (Å²) >= 11 is 3.51. The van der Waals surface area contributed by atoms with Crippen molar-refractivity contribution in [1.29, 1.82) is 0 Å². The SMILES string of the molecule is CCNCc1ccc(Br)cc1N(CCO)CCOC. The summed E-state index contributed by atoms with van der Waals surface area (Å²) in [7, 11) is 1.69. The largest absolute Gasteiger partial charge is 0.395 e. The average Bonchev–Trinajstić information content (AvgIpc) is 2.42. The first-order chi connectivity index (χ1) is 9.22. The molecule has 0 aliphatic heterocycles. The van der Waals surface area contributed by atoms with Crippen LogP contribution in [0.15, 0.2) is 22.7 Å². The Morgan fingerprint density at radius 2 is 2.16 bits per heavy atom. The molecule has 0 bridgehead atoms. The molecule has 0 spiro atoms. The molecular weight excluding hydrogens is 308 g/mol. The number of benzene rings is 1. The van der Waals surface area contributed by atoms with Crippen LogP contribution in [0.2, 0.25) is 0 Å². The highest BCUT2D eigenvalue weighted by Crippen LogP contribution is 2.25. The van der Waals surface area contributed by atoms with Gasteiger partial charge in [0.25, 0.3) is 0 Å². The molecule has 0 aromatic heterocycles. The van der Waals surface area contributed by atoms with E-state index in [2.05, 4.69) is 45.2 Å². The third kappa shape index (κ3) is 5.48. The third-order valence-electron chi connectivity index (χ3n) is 2.89. The zero-order valence-corrected chi connectivity index (χ0v) is 13.2. The van der Waals surface area contributed by atoms with Crippen LogP contribution in [0.5, 0.6) is 0 Å². The zero-order valence-electron chi connectivity index (χ0n) is 11.7. The Labute approximate surface area is 123 Å². The number of nitrogens with one attached hydrogen (secondary N) is 1. The Morgan fingerprint density at radius 3 is 2.79 bits per heavy atom. The maximum absolute atomic E-state index is 9.22. The molecule has 0 aliphatic carbocycles. The quantitative estimate of drug-likeness (QED) is 0.727. The summed E-state index contributed by atoms with van der Waals surface area (Å²) in [5.74, 6) is 0. The van der Waals surface area contributed by atoms with E-state index in [0.717, 1.165) is 29.8 Å². The van der Waals surface area contributed by atoms with Crippen LogP contribution in [0, 0.1) is 0 Å². The topological polar surface area (TPSA) is 44.7 Å². The van der Waals surface area contributed by atoms with E-state index in [9.17, 15) is 5.11 Å². The Balaban J connectivity index is 2.93. The molecule has 5 heteroatoms. The van der Waals surface area contributed by atoms with Crippen molar-refractivity contribution < 1.29 is 9.84 Å². The maximum atomic E-state index is 9.22. The molecule has 4 nitrogen and oxygen atoms in total. The van der Waals surface area contributed by atoms with E-state index in [1.54, 1.807) is 7.11 Å². The molecule has 0 unspecified atom stereocenters. The van der Waals surface area contributed by atoms with Crippen molar-refractivity contribution in [3.05, 3.63) is 28.2 Å². The van der Waals surface area contributed by atoms with Crippen molar-refractivity contribution in [1.82, 2.24) is 5.32 Å². The van der Waals surface area contributed by atoms with Gasteiger partial charge in [-0.2, -0.15) is 0 Å². The summed E-state index contributed by atoms with van der Waals surface area (Å²) in [5, 5.41) is 12.6. The van der Waals surface area contributed by atoms with Gasteiger partial charge in [0.15, 0.2) is 0 Å². The van der Waals surface area contributed by atoms with Crippen LogP contribution in [0.25, 0.3) is 0 Å². The highest BCUT2D eigenvalue weighted by Gasteiger charge is 2.11. The molecule has 1 aromatic carbocycles. The second kappa shape index (κ2) is 9.31. The van der Waals surface area contributed by atoms with E-state index in [-0.39, 0.29) is 6.61 Å². The lowest BCUT2D eigenvalue weighted by Gasteiger charge is -2.26. The normalized spacial score (nSPS) is 10.7. The van der Waals surface area contributed by atoms with Crippen molar-refractivity contribution in [2.45, 2.75) is 13.5 Å². The summed E-state index contributed by atoms with van der Waals surface area (Å²) in [6.07, 6.45) is 0. The number of anilines is 1. The number of aliphatic hydroxyl groups is 1. The van der Waals surface area contributed by atoms with Crippen LogP contribution in [0.1, 0.15) is 12.5 Å². The van der Waals surface area contributed by atoms with Gasteiger partial charge in [-0.1, -0.05) is 28.9 Å². The summed E-state index contributed by atoms with van der Waals surface area (Å²) in [4.78, 5) is 2.15. The number of methoxy groups -OCH3 is 1. The van der Waals surface area contributed by atoms with Gasteiger partial charge in [-0.3, -0.25) is 0 Å². The first kappa shape index (κ1) is 16.4. The maximum Gasteiger partial charge on any atom is 0.0637 e. The Hall–Kier alpha value is -0.620. The smallest absolute Gasteiger partial charge is 0.0637 e. The second-order valence-electron chi connectivity index (χ2n) is 4.26. The van der Waals surface area contributed by atoms with Gasteiger partial charge in [0.05, 0.1) is 13.2 Å². The van der Waals surface area contributed by atoms with Gasteiger partial charge >= 0.3 is 0 Å². The molecule has 0 atom stereocenters. The number of halogens is 1. The molecule has 0 aliphatic rings. The van der Waals surface area contributed by atoms with Crippen LogP contribution in [-0.2, 0) is 11.3 Å². The van der Waals surface area contributed by atoms with E-state index in [4.69, 9.17) is 4.74 Å². The van der Waals surface area contributed by atoms with E-state index >= 15 is 0 Å². The molecule has 0 heterocycles. The first-order valence-electron chi connectivity index (χ1n) is 6.56. The molecule has 0 fully saturated rings. The Morgan fingerprint density at radius 1 is 1.37 bits per heavy atom. The van der Waals surface area contributed by atoms with Crippen LogP contribution >= 0.6 is 15.9 Å².